The van der Waals surface area contributed by atoms with Gasteiger partial charge in [-0.3, -0.25) is 0 Å². The van der Waals surface area contributed by atoms with Gasteiger partial charge in [-0.15, -0.1) is 5.10 Å². The van der Waals surface area contributed by atoms with Gasteiger partial charge in [-0.2, -0.15) is 0 Å². The number of aromatic nitrogens is 6. The average molecular weight is 440 g/mol. The summed E-state index contributed by atoms with van der Waals surface area (Å²) in [6, 6.07) is 4.03. The summed E-state index contributed by atoms with van der Waals surface area (Å²) < 4.78 is 7.43. The lowest BCUT2D eigenvalue weighted by Gasteiger charge is -2.34. The molecule has 1 aromatic carbocycles. The summed E-state index contributed by atoms with van der Waals surface area (Å²) in [5, 5.41) is 12.1. The van der Waals surface area contributed by atoms with Gasteiger partial charge >= 0.3 is 0 Å². The van der Waals surface area contributed by atoms with Crippen molar-refractivity contribution in [3.63, 3.8) is 0 Å². The number of nitrogen functional groups attached to an aromatic ring is 1. The Morgan fingerprint density at radius 1 is 1.26 bits per heavy atom. The Bertz CT molecular complexity index is 1210. The molecule has 1 saturated heterocycles. The number of fused-ring (bicyclic) bond motifs is 2. The normalized spacial score (nSPS) is 14.1. The molecule has 31 heavy (non-hydrogen) atoms. The van der Waals surface area contributed by atoms with Crippen LogP contribution in [0.3, 0.4) is 0 Å². The first-order valence-electron chi connectivity index (χ1n) is 10.5. The van der Waals surface area contributed by atoms with E-state index in [0.717, 1.165) is 59.6 Å². The van der Waals surface area contributed by atoms with Crippen molar-refractivity contribution in [2.45, 2.75) is 36.9 Å². The van der Waals surface area contributed by atoms with E-state index in [1.165, 1.54) is 12.7 Å². The van der Waals surface area contributed by atoms with Crippen LogP contribution in [0.2, 0.25) is 0 Å². The summed E-state index contributed by atoms with van der Waals surface area (Å²) in [5.74, 6) is 0.978. The van der Waals surface area contributed by atoms with E-state index in [4.69, 9.17) is 15.2 Å². The lowest BCUT2D eigenvalue weighted by molar-refractivity contribution is 0.423. The monoisotopic (exact) mass is 439 g/mol. The van der Waals surface area contributed by atoms with Crippen molar-refractivity contribution in [1.82, 2.24) is 35.2 Å². The van der Waals surface area contributed by atoms with Crippen LogP contribution in [0.15, 0.2) is 33.0 Å². The third kappa shape index (κ3) is 3.90. The number of nitrogens with one attached hydrogen (secondary N) is 1. The Morgan fingerprint density at radius 2 is 2.13 bits per heavy atom. The highest BCUT2D eigenvalue weighted by atomic mass is 32.2. The fourth-order valence-electron chi connectivity index (χ4n) is 3.58. The first kappa shape index (κ1) is 20.0. The van der Waals surface area contributed by atoms with Crippen molar-refractivity contribution in [2.75, 3.05) is 36.8 Å². The summed E-state index contributed by atoms with van der Waals surface area (Å²) in [4.78, 5) is 16.8. The number of nitrogens with zero attached hydrogens (tertiary/aromatic N) is 7. The van der Waals surface area contributed by atoms with Crippen molar-refractivity contribution in [3.8, 4) is 0 Å². The first-order valence-corrected chi connectivity index (χ1v) is 11.3. The molecule has 0 bridgehead atoms. The second-order valence-corrected chi connectivity index (χ2v) is 9.09. The maximum atomic E-state index is 6.10. The Kier molecular flexibility index (Phi) is 5.36. The van der Waals surface area contributed by atoms with Gasteiger partial charge in [0.1, 0.15) is 11.8 Å². The second-order valence-electron chi connectivity index (χ2n) is 8.08. The summed E-state index contributed by atoms with van der Waals surface area (Å²) in [7, 11) is 0. The third-order valence-electron chi connectivity index (χ3n) is 5.32. The van der Waals surface area contributed by atoms with Crippen LogP contribution in [-0.2, 0) is 6.54 Å². The minimum Gasteiger partial charge on any atom is -0.382 e. The molecule has 4 heterocycles. The fraction of sp³-hybridized carbons (Fsp3) is 0.450. The van der Waals surface area contributed by atoms with E-state index in [1.54, 1.807) is 11.8 Å². The topological polar surface area (TPSA) is 124 Å². The van der Waals surface area contributed by atoms with Crippen LogP contribution in [0, 0.1) is 5.92 Å². The van der Waals surface area contributed by atoms with Crippen LogP contribution >= 0.6 is 11.8 Å². The van der Waals surface area contributed by atoms with Gasteiger partial charge in [0.15, 0.2) is 27.7 Å². The minimum atomic E-state index is 0.388. The molecule has 0 amide bonds. The number of anilines is 2. The lowest BCUT2D eigenvalue weighted by Crippen LogP contribution is -2.37. The predicted molar refractivity (Wildman–Crippen MR) is 120 cm³/mol. The molecule has 1 aliphatic heterocycles. The van der Waals surface area contributed by atoms with E-state index in [0.29, 0.717) is 22.8 Å². The first-order chi connectivity index (χ1) is 15.1. The van der Waals surface area contributed by atoms with Crippen LogP contribution in [-0.4, -0.2) is 56.1 Å². The van der Waals surface area contributed by atoms with Crippen LogP contribution < -0.4 is 16.0 Å². The summed E-state index contributed by atoms with van der Waals surface area (Å²) >= 11 is 1.58. The Labute approximate surface area is 183 Å². The smallest absolute Gasteiger partial charge is 0.188 e. The van der Waals surface area contributed by atoms with Gasteiger partial charge in [0.2, 0.25) is 0 Å². The van der Waals surface area contributed by atoms with Crippen molar-refractivity contribution in [1.29, 1.82) is 0 Å². The highest BCUT2D eigenvalue weighted by Crippen LogP contribution is 2.40. The average Bonchev–Trinajstić information content (AvgIpc) is 3.29. The number of hydrogen-bond donors (Lipinski definition) is 2. The van der Waals surface area contributed by atoms with Crippen molar-refractivity contribution >= 4 is 45.5 Å². The predicted octanol–water partition coefficient (Wildman–Crippen LogP) is 2.55. The number of nitrogens with two attached hydrogens (primary N) is 1. The van der Waals surface area contributed by atoms with Crippen molar-refractivity contribution in [2.24, 2.45) is 5.92 Å². The quantitative estimate of drug-likeness (QED) is 0.396. The molecule has 1 aliphatic rings. The van der Waals surface area contributed by atoms with Gasteiger partial charge in [0.25, 0.3) is 0 Å². The Morgan fingerprint density at radius 3 is 2.90 bits per heavy atom. The van der Waals surface area contributed by atoms with Gasteiger partial charge in [0, 0.05) is 42.4 Å². The molecule has 0 atom stereocenters. The molecule has 0 unspecified atom stereocenters. The standard InChI is InChI=1S/C20H25N9OS/c1-12(2)10-22-4-7-29-19-17(18(21)23-11-24-19)25-20(29)31-16-9-15-13(26-27-30-15)8-14(16)28-5-3-6-28/h8-9,11-12,22H,3-7,10H2,1-2H3,(H2,21,23,24). The summed E-state index contributed by atoms with van der Waals surface area (Å²) in [5.41, 5.74) is 10.0. The minimum absolute atomic E-state index is 0.388. The second kappa shape index (κ2) is 8.31. The van der Waals surface area contributed by atoms with E-state index in [2.05, 4.69) is 49.0 Å². The maximum Gasteiger partial charge on any atom is 0.188 e. The van der Waals surface area contributed by atoms with Gasteiger partial charge in [-0.05, 0) is 36.7 Å². The number of benzene rings is 1. The molecule has 3 N–H and O–H groups in total. The lowest BCUT2D eigenvalue weighted by atomic mass is 10.1. The molecular weight excluding hydrogens is 414 g/mol. The molecule has 0 radical (unpaired) electrons. The molecule has 10 nitrogen and oxygen atoms in total. The van der Waals surface area contributed by atoms with E-state index in [1.807, 2.05) is 12.1 Å². The van der Waals surface area contributed by atoms with Crippen LogP contribution in [0.4, 0.5) is 11.5 Å². The molecule has 162 valence electrons. The number of hydrogen-bond acceptors (Lipinski definition) is 10. The van der Waals surface area contributed by atoms with Gasteiger partial charge in [-0.25, -0.2) is 15.0 Å². The van der Waals surface area contributed by atoms with E-state index in [-0.39, 0.29) is 0 Å². The molecule has 11 heteroatoms. The van der Waals surface area contributed by atoms with E-state index >= 15 is 0 Å². The van der Waals surface area contributed by atoms with Crippen molar-refractivity contribution < 1.29 is 4.52 Å². The summed E-state index contributed by atoms with van der Waals surface area (Å²) in [6.45, 7) is 8.94. The Balaban J connectivity index is 1.52. The third-order valence-corrected chi connectivity index (χ3v) is 6.36. The molecule has 0 aliphatic carbocycles. The van der Waals surface area contributed by atoms with Gasteiger partial charge in [-0.1, -0.05) is 13.8 Å². The Hall–Kier alpha value is -2.92. The molecule has 0 saturated carbocycles. The molecular formula is C20H25N9OS. The zero-order valence-corrected chi connectivity index (χ0v) is 18.4. The fourth-order valence-corrected chi connectivity index (χ4v) is 4.66. The molecule has 0 spiro atoms. The van der Waals surface area contributed by atoms with Gasteiger partial charge < -0.3 is 25.0 Å². The van der Waals surface area contributed by atoms with E-state index < -0.39 is 0 Å². The zero-order chi connectivity index (χ0) is 21.4. The van der Waals surface area contributed by atoms with Crippen LogP contribution in [0.5, 0.6) is 0 Å². The summed E-state index contributed by atoms with van der Waals surface area (Å²) in [6.07, 6.45) is 2.68. The largest absolute Gasteiger partial charge is 0.382 e. The van der Waals surface area contributed by atoms with E-state index in [9.17, 15) is 0 Å². The van der Waals surface area contributed by atoms with Crippen LogP contribution in [0.1, 0.15) is 20.3 Å². The molecule has 5 rings (SSSR count). The number of imidazole rings is 1. The van der Waals surface area contributed by atoms with Crippen LogP contribution in [0.25, 0.3) is 22.3 Å². The highest BCUT2D eigenvalue weighted by molar-refractivity contribution is 7.99. The zero-order valence-electron chi connectivity index (χ0n) is 17.6. The molecule has 1 fully saturated rings. The molecule has 4 aromatic rings. The van der Waals surface area contributed by atoms with Crippen molar-refractivity contribution in [3.05, 3.63) is 18.5 Å². The SMILES string of the molecule is CC(C)CNCCn1c(Sc2cc3onnc3cc2N2CCC2)nc2c(N)ncnc21. The maximum absolute atomic E-state index is 6.10. The number of rotatable bonds is 8. The molecule has 3 aromatic heterocycles. The highest BCUT2D eigenvalue weighted by Gasteiger charge is 2.23. The van der Waals surface area contributed by atoms with Gasteiger partial charge in [0.05, 0.1) is 5.69 Å².